The number of phenolic OH excluding ortho intramolecular Hbond substituents is 1. The molecule has 5 nitrogen and oxygen atoms in total. The SMILES string of the molecule is CCN1CCC(CN2CCOc3c(O)cc(-c4ccc(Cl)cn4)cc3C2)C1. The quantitative estimate of drug-likeness (QED) is 0.867. The Balaban J connectivity index is 1.55. The summed E-state index contributed by atoms with van der Waals surface area (Å²) in [6.45, 7) is 9.09. The summed E-state index contributed by atoms with van der Waals surface area (Å²) in [4.78, 5) is 9.35. The van der Waals surface area contributed by atoms with Crippen molar-refractivity contribution in [2.45, 2.75) is 19.9 Å². The van der Waals surface area contributed by atoms with Gasteiger partial charge >= 0.3 is 0 Å². The van der Waals surface area contributed by atoms with Gasteiger partial charge in [0, 0.05) is 43.5 Å². The average molecular weight is 388 g/mol. The number of pyridine rings is 1. The fourth-order valence-electron chi connectivity index (χ4n) is 4.12. The number of hydrogen-bond acceptors (Lipinski definition) is 5. The van der Waals surface area contributed by atoms with Crippen molar-refractivity contribution in [2.24, 2.45) is 5.92 Å². The van der Waals surface area contributed by atoms with Gasteiger partial charge in [0.2, 0.25) is 0 Å². The van der Waals surface area contributed by atoms with Gasteiger partial charge in [-0.1, -0.05) is 18.5 Å². The van der Waals surface area contributed by atoms with Crippen molar-refractivity contribution in [1.29, 1.82) is 0 Å². The molecule has 0 radical (unpaired) electrons. The highest BCUT2D eigenvalue weighted by Crippen LogP contribution is 2.37. The second-order valence-electron chi connectivity index (χ2n) is 7.48. The monoisotopic (exact) mass is 387 g/mol. The molecule has 27 heavy (non-hydrogen) atoms. The Labute approximate surface area is 165 Å². The van der Waals surface area contributed by atoms with E-state index >= 15 is 0 Å². The molecule has 0 amide bonds. The van der Waals surface area contributed by atoms with Gasteiger partial charge in [0.1, 0.15) is 6.61 Å². The van der Waals surface area contributed by atoms with Gasteiger partial charge < -0.3 is 14.7 Å². The number of likely N-dealkylation sites (tertiary alicyclic amines) is 1. The first-order chi connectivity index (χ1) is 13.1. The number of phenols is 1. The molecule has 4 rings (SSSR count). The number of rotatable bonds is 4. The fraction of sp³-hybridized carbons (Fsp3) is 0.476. The van der Waals surface area contributed by atoms with Crippen LogP contribution < -0.4 is 4.74 Å². The minimum absolute atomic E-state index is 0.180. The van der Waals surface area contributed by atoms with E-state index in [1.807, 2.05) is 12.1 Å². The molecule has 1 saturated heterocycles. The van der Waals surface area contributed by atoms with Gasteiger partial charge in [0.05, 0.1) is 10.7 Å². The van der Waals surface area contributed by atoms with Crippen LogP contribution in [0.3, 0.4) is 0 Å². The van der Waals surface area contributed by atoms with E-state index in [4.69, 9.17) is 16.3 Å². The van der Waals surface area contributed by atoms with Gasteiger partial charge in [-0.15, -0.1) is 0 Å². The van der Waals surface area contributed by atoms with Gasteiger partial charge in [-0.3, -0.25) is 9.88 Å². The number of aromatic nitrogens is 1. The summed E-state index contributed by atoms with van der Waals surface area (Å²) in [7, 11) is 0. The van der Waals surface area contributed by atoms with Crippen LogP contribution in [0.25, 0.3) is 11.3 Å². The van der Waals surface area contributed by atoms with Crippen molar-refractivity contribution >= 4 is 11.6 Å². The minimum atomic E-state index is 0.180. The first-order valence-corrected chi connectivity index (χ1v) is 10.1. The van der Waals surface area contributed by atoms with Crippen LogP contribution in [0.15, 0.2) is 30.5 Å². The summed E-state index contributed by atoms with van der Waals surface area (Å²) < 4.78 is 5.88. The number of fused-ring (bicyclic) bond motifs is 1. The molecule has 0 saturated carbocycles. The van der Waals surface area contributed by atoms with Crippen LogP contribution in [0.4, 0.5) is 0 Å². The first-order valence-electron chi connectivity index (χ1n) is 9.67. The molecule has 3 heterocycles. The largest absolute Gasteiger partial charge is 0.504 e. The Bertz CT molecular complexity index is 797. The number of nitrogens with zero attached hydrogens (tertiary/aromatic N) is 3. The van der Waals surface area contributed by atoms with Crippen molar-refractivity contribution in [3.05, 3.63) is 41.0 Å². The predicted octanol–water partition coefficient (Wildman–Crippen LogP) is 3.64. The number of ether oxygens (including phenoxy) is 1. The smallest absolute Gasteiger partial charge is 0.165 e. The molecule has 0 bridgehead atoms. The highest BCUT2D eigenvalue weighted by molar-refractivity contribution is 6.30. The minimum Gasteiger partial charge on any atom is -0.504 e. The molecular formula is C21H26ClN3O2. The van der Waals surface area contributed by atoms with E-state index in [-0.39, 0.29) is 5.75 Å². The van der Waals surface area contributed by atoms with Crippen LogP contribution in [-0.4, -0.2) is 59.2 Å². The average Bonchev–Trinajstić information content (AvgIpc) is 3.01. The lowest BCUT2D eigenvalue weighted by Crippen LogP contribution is -2.32. The van der Waals surface area contributed by atoms with Crippen molar-refractivity contribution in [1.82, 2.24) is 14.8 Å². The third-order valence-electron chi connectivity index (χ3n) is 5.55. The van der Waals surface area contributed by atoms with Gasteiger partial charge in [0.15, 0.2) is 11.5 Å². The van der Waals surface area contributed by atoms with Crippen molar-refractivity contribution in [3.63, 3.8) is 0 Å². The van der Waals surface area contributed by atoms with Crippen molar-refractivity contribution in [2.75, 3.05) is 39.3 Å². The van der Waals surface area contributed by atoms with E-state index in [1.54, 1.807) is 12.3 Å². The van der Waals surface area contributed by atoms with Gasteiger partial charge in [0.25, 0.3) is 0 Å². The van der Waals surface area contributed by atoms with E-state index in [2.05, 4.69) is 27.8 Å². The molecule has 2 aliphatic rings. The van der Waals surface area contributed by atoms with E-state index in [0.29, 0.717) is 23.3 Å². The number of aromatic hydroxyl groups is 1. The Kier molecular flexibility index (Phi) is 5.53. The van der Waals surface area contributed by atoms with Crippen molar-refractivity contribution in [3.8, 4) is 22.8 Å². The third-order valence-corrected chi connectivity index (χ3v) is 5.77. The summed E-state index contributed by atoms with van der Waals surface area (Å²) in [5, 5.41) is 11.1. The third kappa shape index (κ3) is 4.21. The van der Waals surface area contributed by atoms with Gasteiger partial charge in [-0.25, -0.2) is 0 Å². The molecule has 1 fully saturated rings. The summed E-state index contributed by atoms with van der Waals surface area (Å²) in [6.07, 6.45) is 2.89. The summed E-state index contributed by atoms with van der Waals surface area (Å²) in [5.41, 5.74) is 2.69. The summed E-state index contributed by atoms with van der Waals surface area (Å²) in [6, 6.07) is 7.49. The Morgan fingerprint density at radius 2 is 2.15 bits per heavy atom. The molecular weight excluding hydrogens is 362 g/mol. The summed E-state index contributed by atoms with van der Waals surface area (Å²) in [5.74, 6) is 1.50. The van der Waals surface area contributed by atoms with E-state index in [0.717, 1.165) is 43.0 Å². The number of hydrogen-bond donors (Lipinski definition) is 1. The van der Waals surface area contributed by atoms with Crippen LogP contribution >= 0.6 is 11.6 Å². The maximum Gasteiger partial charge on any atom is 0.165 e. The van der Waals surface area contributed by atoms with Gasteiger partial charge in [-0.05, 0) is 49.7 Å². The lowest BCUT2D eigenvalue weighted by molar-refractivity contribution is 0.195. The molecule has 6 heteroatoms. The normalized spacial score (nSPS) is 20.9. The zero-order valence-electron chi connectivity index (χ0n) is 15.7. The molecule has 0 spiro atoms. The predicted molar refractivity (Wildman–Crippen MR) is 107 cm³/mol. The van der Waals surface area contributed by atoms with Gasteiger partial charge in [-0.2, -0.15) is 0 Å². The van der Waals surface area contributed by atoms with E-state index in [9.17, 15) is 5.11 Å². The second kappa shape index (κ2) is 8.05. The topological polar surface area (TPSA) is 48.8 Å². The zero-order chi connectivity index (χ0) is 18.8. The number of benzene rings is 1. The molecule has 0 aliphatic carbocycles. The van der Waals surface area contributed by atoms with Crippen LogP contribution in [0.5, 0.6) is 11.5 Å². The van der Waals surface area contributed by atoms with Crippen LogP contribution in [0.2, 0.25) is 5.02 Å². The maximum atomic E-state index is 10.5. The highest BCUT2D eigenvalue weighted by Gasteiger charge is 2.26. The lowest BCUT2D eigenvalue weighted by atomic mass is 10.0. The lowest BCUT2D eigenvalue weighted by Gasteiger charge is -2.23. The Hall–Kier alpha value is -1.82. The Morgan fingerprint density at radius 3 is 2.89 bits per heavy atom. The molecule has 1 N–H and O–H groups in total. The maximum absolute atomic E-state index is 10.5. The molecule has 144 valence electrons. The van der Waals surface area contributed by atoms with Crippen LogP contribution in [0.1, 0.15) is 18.9 Å². The molecule has 1 unspecified atom stereocenters. The molecule has 1 atom stereocenters. The second-order valence-corrected chi connectivity index (χ2v) is 7.91. The molecule has 2 aliphatic heterocycles. The number of halogens is 1. The summed E-state index contributed by atoms with van der Waals surface area (Å²) >= 11 is 5.95. The van der Waals surface area contributed by atoms with Crippen LogP contribution in [-0.2, 0) is 6.54 Å². The zero-order valence-corrected chi connectivity index (χ0v) is 16.5. The highest BCUT2D eigenvalue weighted by atomic mass is 35.5. The molecule has 2 aromatic rings. The van der Waals surface area contributed by atoms with Crippen molar-refractivity contribution < 1.29 is 9.84 Å². The molecule has 1 aromatic heterocycles. The van der Waals surface area contributed by atoms with E-state index < -0.39 is 0 Å². The molecule has 1 aromatic carbocycles. The standard InChI is InChI=1S/C21H26ClN3O2/c1-2-24-6-5-15(12-24)13-25-7-8-27-21-17(14-25)9-16(10-20(21)26)19-4-3-18(22)11-23-19/h3-4,9-11,15,26H,2,5-8,12-14H2,1H3. The van der Waals surface area contributed by atoms with E-state index in [1.165, 1.54) is 19.5 Å². The Morgan fingerprint density at radius 1 is 1.26 bits per heavy atom. The fourth-order valence-corrected chi connectivity index (χ4v) is 4.23. The first kappa shape index (κ1) is 18.5. The van der Waals surface area contributed by atoms with Crippen LogP contribution in [0, 0.1) is 5.92 Å².